The number of carbonyl (C=O) groups is 2. The number of benzene rings is 1. The number of hydrogen-bond acceptors (Lipinski definition) is 7. The minimum atomic E-state index is -1.62. The highest BCUT2D eigenvalue weighted by molar-refractivity contribution is 6.10. The number of aliphatic hydroxyl groups is 2. The molecule has 3 heterocycles. The van der Waals surface area contributed by atoms with E-state index in [4.69, 9.17) is 0 Å². The zero-order valence-electron chi connectivity index (χ0n) is 19.2. The van der Waals surface area contributed by atoms with E-state index in [0.29, 0.717) is 28.1 Å². The third-order valence-electron chi connectivity index (χ3n) is 5.87. The smallest absolute Gasteiger partial charge is 0.261 e. The average Bonchev–Trinajstić information content (AvgIpc) is 3.34. The highest BCUT2D eigenvalue weighted by Crippen LogP contribution is 2.35. The average molecular weight is 471 g/mol. The van der Waals surface area contributed by atoms with Crippen molar-refractivity contribution in [1.82, 2.24) is 19.5 Å². The first-order valence-corrected chi connectivity index (χ1v) is 10.8. The fourth-order valence-electron chi connectivity index (χ4n) is 3.84. The lowest BCUT2D eigenvalue weighted by Crippen LogP contribution is -2.42. The van der Waals surface area contributed by atoms with Crippen LogP contribution < -0.4 is 10.2 Å². The number of aromatic nitrogens is 3. The molecule has 0 saturated heterocycles. The quantitative estimate of drug-likeness (QED) is 0.456. The molecule has 4 rings (SSSR count). The van der Waals surface area contributed by atoms with Crippen molar-refractivity contribution < 1.29 is 24.2 Å². The van der Waals surface area contributed by atoms with Crippen molar-refractivity contribution in [2.24, 2.45) is 0 Å². The largest absolute Gasteiger partial charge is 0.395 e. The van der Waals surface area contributed by atoms with Gasteiger partial charge < -0.3 is 25.3 Å². The summed E-state index contributed by atoms with van der Waals surface area (Å²) in [5.41, 5.74) is 1.07. The molecule has 0 fully saturated rings. The molecule has 1 aliphatic rings. The molecular weight excluding hydrogens is 443 g/mol. The Labute approximate surface area is 195 Å². The van der Waals surface area contributed by atoms with Crippen LogP contribution in [0.15, 0.2) is 36.8 Å². The summed E-state index contributed by atoms with van der Waals surface area (Å²) in [5.74, 6) is -0.787. The van der Waals surface area contributed by atoms with Gasteiger partial charge in [0.05, 0.1) is 36.3 Å². The minimum Gasteiger partial charge on any atom is -0.395 e. The van der Waals surface area contributed by atoms with Crippen molar-refractivity contribution >= 4 is 28.8 Å². The number of nitrogens with zero attached hydrogens (tertiary/aromatic N) is 5. The fourth-order valence-corrected chi connectivity index (χ4v) is 3.84. The number of likely N-dealkylation sites (N-methyl/N-ethyl adjacent to an activating group) is 1. The summed E-state index contributed by atoms with van der Waals surface area (Å²) in [7, 11) is 1.73. The fraction of sp³-hybridized carbons (Fsp3) is 0.391. The van der Waals surface area contributed by atoms with Gasteiger partial charge in [0.1, 0.15) is 11.7 Å². The van der Waals surface area contributed by atoms with Crippen molar-refractivity contribution in [2.45, 2.75) is 32.2 Å². The SMILES string of the molecule is CN(CCO)c1cc2c(cc1NC(=O)c1cnn3cccnc13)CN(C[C@@H](F)C(C)(C)O)C2=O. The Kier molecular flexibility index (Phi) is 6.24. The summed E-state index contributed by atoms with van der Waals surface area (Å²) >= 11 is 0. The molecule has 11 heteroatoms. The van der Waals surface area contributed by atoms with E-state index in [0.717, 1.165) is 0 Å². The molecule has 3 aromatic rings. The van der Waals surface area contributed by atoms with E-state index in [1.54, 1.807) is 42.5 Å². The van der Waals surface area contributed by atoms with Gasteiger partial charge in [0, 0.05) is 38.1 Å². The monoisotopic (exact) mass is 470 g/mol. The Bertz CT molecular complexity index is 1240. The Balaban J connectivity index is 1.66. The van der Waals surface area contributed by atoms with Crippen LogP contribution in [0.4, 0.5) is 15.8 Å². The van der Waals surface area contributed by atoms with Crippen LogP contribution in [0.3, 0.4) is 0 Å². The van der Waals surface area contributed by atoms with Gasteiger partial charge in [0.15, 0.2) is 5.65 Å². The van der Waals surface area contributed by atoms with Crippen LogP contribution in [0.25, 0.3) is 5.65 Å². The summed E-state index contributed by atoms with van der Waals surface area (Å²) in [6.07, 6.45) is 3.05. The number of amides is 2. The highest BCUT2D eigenvalue weighted by atomic mass is 19.1. The molecule has 0 saturated carbocycles. The van der Waals surface area contributed by atoms with Gasteiger partial charge >= 0.3 is 0 Å². The molecule has 0 radical (unpaired) electrons. The normalized spacial score (nSPS) is 14.4. The standard InChI is InChI=1S/C23H27FN6O4/c1-23(2,34)19(24)13-29-12-14-9-17(18(28(3)7-8-31)10-15(14)22(29)33)27-21(32)16-11-26-30-6-4-5-25-20(16)30/h4-6,9-11,19,31,34H,7-8,12-13H2,1-3H3,(H,27,32)/t19-/m1/s1. The summed E-state index contributed by atoms with van der Waals surface area (Å²) in [6.45, 7) is 2.74. The molecule has 0 unspecified atom stereocenters. The van der Waals surface area contributed by atoms with E-state index in [1.807, 2.05) is 0 Å². The molecule has 0 bridgehead atoms. The molecule has 0 spiro atoms. The van der Waals surface area contributed by atoms with Crippen molar-refractivity contribution in [3.63, 3.8) is 0 Å². The summed E-state index contributed by atoms with van der Waals surface area (Å²) < 4.78 is 15.9. The number of carbonyl (C=O) groups excluding carboxylic acids is 2. The van der Waals surface area contributed by atoms with Gasteiger partial charge in [-0.2, -0.15) is 5.10 Å². The Hall–Kier alpha value is -3.57. The molecule has 1 atom stereocenters. The minimum absolute atomic E-state index is 0.131. The second-order valence-electron chi connectivity index (χ2n) is 8.88. The number of rotatable bonds is 8. The number of aliphatic hydroxyl groups excluding tert-OH is 1. The molecule has 180 valence electrons. The molecular formula is C23H27FN6O4. The van der Waals surface area contributed by atoms with Crippen molar-refractivity contribution in [1.29, 1.82) is 0 Å². The van der Waals surface area contributed by atoms with Crippen LogP contribution in [-0.2, 0) is 6.54 Å². The topological polar surface area (TPSA) is 123 Å². The number of fused-ring (bicyclic) bond motifs is 2. The molecule has 2 aromatic heterocycles. The first kappa shape index (κ1) is 23.6. The van der Waals surface area contributed by atoms with Gasteiger partial charge in [-0.1, -0.05) is 0 Å². The first-order chi connectivity index (χ1) is 16.1. The second kappa shape index (κ2) is 8.99. The van der Waals surface area contributed by atoms with Crippen LogP contribution in [-0.4, -0.2) is 80.0 Å². The lowest BCUT2D eigenvalue weighted by atomic mass is 10.0. The number of hydrogen-bond donors (Lipinski definition) is 3. The number of alkyl halides is 1. The van der Waals surface area contributed by atoms with Crippen molar-refractivity contribution in [2.75, 3.05) is 37.0 Å². The molecule has 34 heavy (non-hydrogen) atoms. The van der Waals surface area contributed by atoms with Gasteiger partial charge in [0.25, 0.3) is 11.8 Å². The molecule has 0 aliphatic carbocycles. The van der Waals surface area contributed by atoms with E-state index in [9.17, 15) is 24.2 Å². The lowest BCUT2D eigenvalue weighted by Gasteiger charge is -2.26. The van der Waals surface area contributed by atoms with E-state index in [2.05, 4.69) is 15.4 Å². The Morgan fingerprint density at radius 3 is 2.85 bits per heavy atom. The maximum Gasteiger partial charge on any atom is 0.261 e. The van der Waals surface area contributed by atoms with Crippen LogP contribution >= 0.6 is 0 Å². The lowest BCUT2D eigenvalue weighted by molar-refractivity contribution is -0.0159. The maximum atomic E-state index is 14.5. The maximum absolute atomic E-state index is 14.5. The van der Waals surface area contributed by atoms with Crippen LogP contribution in [0.1, 0.15) is 40.1 Å². The van der Waals surface area contributed by atoms with Crippen LogP contribution in [0.5, 0.6) is 0 Å². The summed E-state index contributed by atoms with van der Waals surface area (Å²) in [4.78, 5) is 33.3. The first-order valence-electron chi connectivity index (χ1n) is 10.8. The van der Waals surface area contributed by atoms with Gasteiger partial charge in [-0.3, -0.25) is 9.59 Å². The molecule has 2 amide bonds. The number of anilines is 2. The van der Waals surface area contributed by atoms with Gasteiger partial charge in [-0.15, -0.1) is 0 Å². The van der Waals surface area contributed by atoms with E-state index < -0.39 is 17.7 Å². The predicted octanol–water partition coefficient (Wildman–Crippen LogP) is 1.47. The van der Waals surface area contributed by atoms with E-state index in [-0.39, 0.29) is 37.7 Å². The van der Waals surface area contributed by atoms with E-state index in [1.165, 1.54) is 29.5 Å². The third kappa shape index (κ3) is 4.44. The molecule has 1 aromatic carbocycles. The third-order valence-corrected chi connectivity index (χ3v) is 5.87. The zero-order chi connectivity index (χ0) is 24.6. The summed E-state index contributed by atoms with van der Waals surface area (Å²) in [6, 6.07) is 5.02. The number of halogens is 1. The van der Waals surface area contributed by atoms with Crippen LogP contribution in [0.2, 0.25) is 0 Å². The summed E-state index contributed by atoms with van der Waals surface area (Å²) in [5, 5.41) is 26.4. The predicted molar refractivity (Wildman–Crippen MR) is 124 cm³/mol. The van der Waals surface area contributed by atoms with Crippen LogP contribution in [0, 0.1) is 0 Å². The number of nitrogens with one attached hydrogen (secondary N) is 1. The van der Waals surface area contributed by atoms with Gasteiger partial charge in [-0.25, -0.2) is 13.9 Å². The molecule has 3 N–H and O–H groups in total. The Morgan fingerprint density at radius 2 is 2.15 bits per heavy atom. The molecule has 1 aliphatic heterocycles. The van der Waals surface area contributed by atoms with Crippen molar-refractivity contribution in [3.05, 3.63) is 53.5 Å². The second-order valence-corrected chi connectivity index (χ2v) is 8.88. The Morgan fingerprint density at radius 1 is 1.38 bits per heavy atom. The molecule has 10 nitrogen and oxygen atoms in total. The van der Waals surface area contributed by atoms with E-state index >= 15 is 0 Å². The van der Waals surface area contributed by atoms with Crippen molar-refractivity contribution in [3.8, 4) is 0 Å². The zero-order valence-corrected chi connectivity index (χ0v) is 19.2. The van der Waals surface area contributed by atoms with Gasteiger partial charge in [0.2, 0.25) is 0 Å². The van der Waals surface area contributed by atoms with Gasteiger partial charge in [-0.05, 0) is 37.6 Å². The highest BCUT2D eigenvalue weighted by Gasteiger charge is 2.35.